The second-order valence-electron chi connectivity index (χ2n) is 4.08. The molecular formula is C13H14O6. The first kappa shape index (κ1) is 13.4. The van der Waals surface area contributed by atoms with Crippen LogP contribution in [0.1, 0.15) is 6.42 Å². The fraction of sp³-hybridized carbons (Fsp3) is 0.308. The summed E-state index contributed by atoms with van der Waals surface area (Å²) in [6.07, 6.45) is -0.517. The van der Waals surface area contributed by atoms with E-state index in [2.05, 4.69) is 0 Å². The third-order valence-corrected chi connectivity index (χ3v) is 2.62. The van der Waals surface area contributed by atoms with Crippen LogP contribution in [-0.2, 0) is 0 Å². The Morgan fingerprint density at radius 1 is 1.32 bits per heavy atom. The van der Waals surface area contributed by atoms with Crippen LogP contribution < -0.4 is 10.4 Å². The first-order valence-corrected chi connectivity index (χ1v) is 5.79. The van der Waals surface area contributed by atoms with E-state index in [-0.39, 0.29) is 24.5 Å². The van der Waals surface area contributed by atoms with Crippen LogP contribution >= 0.6 is 0 Å². The summed E-state index contributed by atoms with van der Waals surface area (Å²) < 4.78 is 10.3. The molecule has 1 atom stereocenters. The maximum atomic E-state index is 11.1. The van der Waals surface area contributed by atoms with Crippen molar-refractivity contribution >= 4 is 11.0 Å². The van der Waals surface area contributed by atoms with Gasteiger partial charge in [0.1, 0.15) is 17.1 Å². The predicted molar refractivity (Wildman–Crippen MR) is 67.4 cm³/mol. The summed E-state index contributed by atoms with van der Waals surface area (Å²) in [6, 6.07) is 5.64. The predicted octanol–water partition coefficient (Wildman–Crippen LogP) is 0.621. The van der Waals surface area contributed by atoms with Crippen molar-refractivity contribution in [2.24, 2.45) is 0 Å². The third-order valence-electron chi connectivity index (χ3n) is 2.62. The topological polar surface area (TPSA) is 100 Å². The SMILES string of the molecule is O=c1cc(O)c2cc(OCCC(O)CO)ccc2o1. The van der Waals surface area contributed by atoms with Crippen LogP contribution in [0.25, 0.3) is 11.0 Å². The number of fused-ring (bicyclic) bond motifs is 1. The highest BCUT2D eigenvalue weighted by Crippen LogP contribution is 2.26. The van der Waals surface area contributed by atoms with Gasteiger partial charge in [-0.15, -0.1) is 0 Å². The van der Waals surface area contributed by atoms with Gasteiger partial charge in [-0.1, -0.05) is 0 Å². The molecule has 6 heteroatoms. The van der Waals surface area contributed by atoms with Crippen LogP contribution in [0.3, 0.4) is 0 Å². The highest BCUT2D eigenvalue weighted by atomic mass is 16.5. The molecule has 102 valence electrons. The van der Waals surface area contributed by atoms with E-state index in [0.717, 1.165) is 6.07 Å². The molecule has 0 saturated heterocycles. The van der Waals surface area contributed by atoms with Gasteiger partial charge in [-0.05, 0) is 18.2 Å². The normalized spacial score (nSPS) is 12.5. The summed E-state index contributed by atoms with van der Waals surface area (Å²) in [6.45, 7) is -0.0855. The van der Waals surface area contributed by atoms with E-state index < -0.39 is 11.7 Å². The summed E-state index contributed by atoms with van der Waals surface area (Å²) >= 11 is 0. The van der Waals surface area contributed by atoms with Gasteiger partial charge < -0.3 is 24.5 Å². The average Bonchev–Trinajstić information content (AvgIpc) is 2.39. The lowest BCUT2D eigenvalue weighted by Gasteiger charge is -2.09. The first-order valence-electron chi connectivity index (χ1n) is 5.79. The van der Waals surface area contributed by atoms with Crippen molar-refractivity contribution in [1.82, 2.24) is 0 Å². The Morgan fingerprint density at radius 3 is 2.84 bits per heavy atom. The van der Waals surface area contributed by atoms with E-state index in [9.17, 15) is 9.90 Å². The van der Waals surface area contributed by atoms with E-state index in [1.165, 1.54) is 6.07 Å². The number of rotatable bonds is 5. The van der Waals surface area contributed by atoms with Gasteiger partial charge in [-0.25, -0.2) is 4.79 Å². The van der Waals surface area contributed by atoms with Crippen LogP contribution in [0.2, 0.25) is 0 Å². The summed E-state index contributed by atoms with van der Waals surface area (Å²) in [5.74, 6) is 0.300. The quantitative estimate of drug-likeness (QED) is 0.686. The molecule has 3 N–H and O–H groups in total. The molecule has 0 aliphatic heterocycles. The zero-order chi connectivity index (χ0) is 13.8. The molecule has 1 aromatic heterocycles. The number of aliphatic hydroxyl groups is 2. The lowest BCUT2D eigenvalue weighted by molar-refractivity contribution is 0.0754. The maximum absolute atomic E-state index is 11.1. The van der Waals surface area contributed by atoms with E-state index >= 15 is 0 Å². The molecule has 2 aromatic rings. The Hall–Kier alpha value is -2.05. The molecule has 6 nitrogen and oxygen atoms in total. The van der Waals surface area contributed by atoms with Crippen LogP contribution in [0, 0.1) is 0 Å². The molecule has 0 bridgehead atoms. The van der Waals surface area contributed by atoms with E-state index in [0.29, 0.717) is 17.6 Å². The second kappa shape index (κ2) is 5.73. The molecule has 0 aliphatic rings. The number of hydrogen-bond acceptors (Lipinski definition) is 6. The highest BCUT2D eigenvalue weighted by molar-refractivity contribution is 5.84. The van der Waals surface area contributed by atoms with Crippen molar-refractivity contribution in [1.29, 1.82) is 0 Å². The van der Waals surface area contributed by atoms with Crippen LogP contribution in [0.5, 0.6) is 11.5 Å². The van der Waals surface area contributed by atoms with E-state index in [1.54, 1.807) is 12.1 Å². The molecular weight excluding hydrogens is 252 g/mol. The Balaban J connectivity index is 2.15. The molecule has 0 fully saturated rings. The van der Waals surface area contributed by atoms with Crippen LogP contribution in [0.4, 0.5) is 0 Å². The van der Waals surface area contributed by atoms with Crippen molar-refractivity contribution in [2.45, 2.75) is 12.5 Å². The summed E-state index contributed by atoms with van der Waals surface area (Å²) in [4.78, 5) is 11.1. The van der Waals surface area contributed by atoms with Crippen molar-refractivity contribution < 1.29 is 24.5 Å². The molecule has 0 aliphatic carbocycles. The van der Waals surface area contributed by atoms with Gasteiger partial charge in [0.15, 0.2) is 0 Å². The van der Waals surface area contributed by atoms with Crippen LogP contribution in [0.15, 0.2) is 33.5 Å². The van der Waals surface area contributed by atoms with Gasteiger partial charge in [0.2, 0.25) is 0 Å². The van der Waals surface area contributed by atoms with Gasteiger partial charge in [-0.3, -0.25) is 0 Å². The van der Waals surface area contributed by atoms with Gasteiger partial charge >= 0.3 is 5.63 Å². The Kier molecular flexibility index (Phi) is 4.03. The molecule has 0 amide bonds. The number of benzene rings is 1. The Bertz CT molecular complexity index is 618. The highest BCUT2D eigenvalue weighted by Gasteiger charge is 2.07. The molecule has 0 spiro atoms. The van der Waals surface area contributed by atoms with Gasteiger partial charge in [0.25, 0.3) is 0 Å². The fourth-order valence-electron chi connectivity index (χ4n) is 1.62. The summed E-state index contributed by atoms with van der Waals surface area (Å²) in [5.41, 5.74) is -0.350. The molecule has 2 rings (SSSR count). The zero-order valence-corrected chi connectivity index (χ0v) is 10.1. The standard InChI is InChI=1S/C13H14O6/c14-7-8(15)3-4-18-9-1-2-12-10(5-9)11(16)6-13(17)19-12/h1-2,5-6,8,14-16H,3-4,7H2. The number of hydrogen-bond donors (Lipinski definition) is 3. The van der Waals surface area contributed by atoms with Crippen molar-refractivity contribution in [2.75, 3.05) is 13.2 Å². The van der Waals surface area contributed by atoms with Crippen molar-refractivity contribution in [3.8, 4) is 11.5 Å². The third kappa shape index (κ3) is 3.24. The molecule has 1 unspecified atom stereocenters. The zero-order valence-electron chi connectivity index (χ0n) is 10.1. The number of ether oxygens (including phenoxy) is 1. The summed E-state index contributed by atoms with van der Waals surface area (Å²) in [7, 11) is 0. The van der Waals surface area contributed by atoms with E-state index in [1.807, 2.05) is 0 Å². The average molecular weight is 266 g/mol. The minimum Gasteiger partial charge on any atom is -0.507 e. The molecule has 19 heavy (non-hydrogen) atoms. The Morgan fingerprint density at radius 2 is 2.11 bits per heavy atom. The largest absolute Gasteiger partial charge is 0.507 e. The maximum Gasteiger partial charge on any atom is 0.339 e. The molecule has 1 heterocycles. The molecule has 0 radical (unpaired) electrons. The molecule has 0 saturated carbocycles. The minimum absolute atomic E-state index is 0.174. The second-order valence-corrected chi connectivity index (χ2v) is 4.08. The smallest absolute Gasteiger partial charge is 0.339 e. The van der Waals surface area contributed by atoms with Gasteiger partial charge in [0.05, 0.1) is 30.8 Å². The summed E-state index contributed by atoms with van der Waals surface area (Å²) in [5, 5.41) is 27.8. The minimum atomic E-state index is -0.813. The van der Waals surface area contributed by atoms with E-state index in [4.69, 9.17) is 19.4 Å². The van der Waals surface area contributed by atoms with Crippen LogP contribution in [-0.4, -0.2) is 34.6 Å². The molecule has 1 aromatic carbocycles. The number of aromatic hydroxyl groups is 1. The fourth-order valence-corrected chi connectivity index (χ4v) is 1.62. The van der Waals surface area contributed by atoms with Gasteiger partial charge in [0, 0.05) is 6.42 Å². The van der Waals surface area contributed by atoms with Crippen molar-refractivity contribution in [3.63, 3.8) is 0 Å². The lowest BCUT2D eigenvalue weighted by Crippen LogP contribution is -2.15. The first-order chi connectivity index (χ1) is 9.10. The Labute approximate surface area is 108 Å². The van der Waals surface area contributed by atoms with Crippen molar-refractivity contribution in [3.05, 3.63) is 34.7 Å². The van der Waals surface area contributed by atoms with Gasteiger partial charge in [-0.2, -0.15) is 0 Å². The number of aliphatic hydroxyl groups excluding tert-OH is 2. The monoisotopic (exact) mass is 266 g/mol. The lowest BCUT2D eigenvalue weighted by atomic mass is 10.2.